The summed E-state index contributed by atoms with van der Waals surface area (Å²) in [7, 11) is -3.95. The molecule has 1 saturated carbocycles. The van der Waals surface area contributed by atoms with Crippen molar-refractivity contribution in [1.82, 2.24) is 4.72 Å². The molecule has 3 N–H and O–H groups in total. The van der Waals surface area contributed by atoms with Crippen LogP contribution in [0.4, 0.5) is 10.1 Å². The Labute approximate surface area is 103 Å². The van der Waals surface area contributed by atoms with E-state index in [0.29, 0.717) is 0 Å². The van der Waals surface area contributed by atoms with Gasteiger partial charge in [0.15, 0.2) is 0 Å². The van der Waals surface area contributed by atoms with Gasteiger partial charge in [-0.05, 0) is 25.0 Å². The standard InChI is InChI=1S/C10H11FN2O4S/c11-8-3-1-2-7(10(14)15)9(8)13-18(16,17)12-6-4-5-6/h1-3,6,12-13H,4-5H2,(H,14,15). The van der Waals surface area contributed by atoms with E-state index in [1.165, 1.54) is 6.07 Å². The lowest BCUT2D eigenvalue weighted by Gasteiger charge is -2.11. The van der Waals surface area contributed by atoms with Gasteiger partial charge >= 0.3 is 5.97 Å². The van der Waals surface area contributed by atoms with Crippen LogP contribution in [0.2, 0.25) is 0 Å². The lowest BCUT2D eigenvalue weighted by molar-refractivity contribution is 0.0697. The van der Waals surface area contributed by atoms with Crippen molar-refractivity contribution < 1.29 is 22.7 Å². The second-order valence-electron chi connectivity index (χ2n) is 3.97. The number of hydrogen-bond acceptors (Lipinski definition) is 3. The van der Waals surface area contributed by atoms with Crippen molar-refractivity contribution in [2.24, 2.45) is 0 Å². The van der Waals surface area contributed by atoms with Gasteiger partial charge in [-0.3, -0.25) is 4.72 Å². The first kappa shape index (κ1) is 12.8. The van der Waals surface area contributed by atoms with Crippen molar-refractivity contribution in [3.63, 3.8) is 0 Å². The smallest absolute Gasteiger partial charge is 0.337 e. The molecule has 6 nitrogen and oxygen atoms in total. The predicted octanol–water partition coefficient (Wildman–Crippen LogP) is 0.933. The number of halogens is 1. The molecule has 18 heavy (non-hydrogen) atoms. The molecule has 98 valence electrons. The fraction of sp³-hybridized carbons (Fsp3) is 0.300. The van der Waals surface area contributed by atoms with Crippen LogP contribution in [-0.2, 0) is 10.2 Å². The summed E-state index contributed by atoms with van der Waals surface area (Å²) in [5.41, 5.74) is -0.991. The number of carboxylic acids is 1. The normalized spacial score (nSPS) is 15.4. The fourth-order valence-corrected chi connectivity index (χ4v) is 2.60. The van der Waals surface area contributed by atoms with Crippen molar-refractivity contribution in [2.75, 3.05) is 4.72 Å². The zero-order valence-electron chi connectivity index (χ0n) is 9.18. The Kier molecular flexibility index (Phi) is 3.22. The maximum Gasteiger partial charge on any atom is 0.337 e. The van der Waals surface area contributed by atoms with Gasteiger partial charge < -0.3 is 5.11 Å². The highest BCUT2D eigenvalue weighted by atomic mass is 32.2. The number of aromatic carboxylic acids is 1. The van der Waals surface area contributed by atoms with Crippen molar-refractivity contribution in [1.29, 1.82) is 0 Å². The molecule has 0 spiro atoms. The van der Waals surface area contributed by atoms with Crippen LogP contribution < -0.4 is 9.44 Å². The van der Waals surface area contributed by atoms with Crippen LogP contribution in [0.1, 0.15) is 23.2 Å². The number of carbonyl (C=O) groups is 1. The van der Waals surface area contributed by atoms with Crippen LogP contribution in [0, 0.1) is 5.82 Å². The van der Waals surface area contributed by atoms with E-state index in [2.05, 4.69) is 4.72 Å². The Morgan fingerprint density at radius 2 is 2.06 bits per heavy atom. The monoisotopic (exact) mass is 274 g/mol. The van der Waals surface area contributed by atoms with Crippen molar-refractivity contribution in [3.8, 4) is 0 Å². The Morgan fingerprint density at radius 3 is 2.61 bits per heavy atom. The van der Waals surface area contributed by atoms with Crippen molar-refractivity contribution >= 4 is 21.9 Å². The van der Waals surface area contributed by atoms with Crippen LogP contribution in [0.25, 0.3) is 0 Å². The summed E-state index contributed by atoms with van der Waals surface area (Å²) in [6.07, 6.45) is 1.45. The van der Waals surface area contributed by atoms with Crippen LogP contribution in [0.15, 0.2) is 18.2 Å². The Bertz CT molecular complexity index is 584. The first-order valence-corrected chi connectivity index (χ1v) is 6.69. The molecule has 0 saturated heterocycles. The van der Waals surface area contributed by atoms with E-state index in [1.54, 1.807) is 0 Å². The van der Waals surface area contributed by atoms with Gasteiger partial charge in [0.2, 0.25) is 0 Å². The second-order valence-corrected chi connectivity index (χ2v) is 5.41. The van der Waals surface area contributed by atoms with Gasteiger partial charge in [-0.25, -0.2) is 9.18 Å². The molecule has 0 heterocycles. The molecule has 1 fully saturated rings. The minimum absolute atomic E-state index is 0.150. The van der Waals surface area contributed by atoms with E-state index in [-0.39, 0.29) is 6.04 Å². The Hall–Kier alpha value is -1.67. The topological polar surface area (TPSA) is 95.5 Å². The second kappa shape index (κ2) is 4.54. The van der Waals surface area contributed by atoms with E-state index in [9.17, 15) is 17.6 Å². The molecule has 1 aromatic rings. The lowest BCUT2D eigenvalue weighted by Crippen LogP contribution is -2.32. The quantitative estimate of drug-likeness (QED) is 0.744. The number of rotatable bonds is 5. The SMILES string of the molecule is O=C(O)c1cccc(F)c1NS(=O)(=O)NC1CC1. The largest absolute Gasteiger partial charge is 0.478 e. The maximum absolute atomic E-state index is 13.5. The highest BCUT2D eigenvalue weighted by Crippen LogP contribution is 2.23. The summed E-state index contributed by atoms with van der Waals surface area (Å²) in [6.45, 7) is 0. The van der Waals surface area contributed by atoms with Gasteiger partial charge in [0.05, 0.1) is 11.3 Å². The third kappa shape index (κ3) is 2.96. The van der Waals surface area contributed by atoms with Gasteiger partial charge in [0, 0.05) is 6.04 Å². The maximum atomic E-state index is 13.5. The minimum Gasteiger partial charge on any atom is -0.478 e. The molecule has 0 aliphatic heterocycles. The average molecular weight is 274 g/mol. The summed E-state index contributed by atoms with van der Waals surface area (Å²) >= 11 is 0. The zero-order chi connectivity index (χ0) is 13.3. The zero-order valence-corrected chi connectivity index (χ0v) is 10.00. The first-order valence-electron chi connectivity index (χ1n) is 5.21. The summed E-state index contributed by atoms with van der Waals surface area (Å²) in [4.78, 5) is 10.9. The lowest BCUT2D eigenvalue weighted by atomic mass is 10.2. The number of para-hydroxylation sites is 1. The molecule has 0 radical (unpaired) electrons. The van der Waals surface area contributed by atoms with E-state index in [4.69, 9.17) is 5.11 Å². The average Bonchev–Trinajstić information content (AvgIpc) is 3.03. The van der Waals surface area contributed by atoms with E-state index >= 15 is 0 Å². The van der Waals surface area contributed by atoms with Crippen LogP contribution in [-0.4, -0.2) is 25.5 Å². The number of anilines is 1. The molecule has 0 atom stereocenters. The molecule has 1 aliphatic carbocycles. The minimum atomic E-state index is -3.95. The Balaban J connectivity index is 2.29. The third-order valence-corrected chi connectivity index (χ3v) is 3.50. The van der Waals surface area contributed by atoms with Gasteiger partial charge in [0.25, 0.3) is 10.2 Å². The third-order valence-electron chi connectivity index (χ3n) is 2.38. The molecule has 1 aliphatic rings. The number of nitrogens with one attached hydrogen (secondary N) is 2. The van der Waals surface area contributed by atoms with E-state index in [0.717, 1.165) is 25.0 Å². The number of hydrogen-bond donors (Lipinski definition) is 3. The van der Waals surface area contributed by atoms with Crippen LogP contribution in [0.3, 0.4) is 0 Å². The fourth-order valence-electron chi connectivity index (χ4n) is 1.39. The highest BCUT2D eigenvalue weighted by molar-refractivity contribution is 7.90. The van der Waals surface area contributed by atoms with Gasteiger partial charge in [-0.15, -0.1) is 0 Å². The predicted molar refractivity (Wildman–Crippen MR) is 62.1 cm³/mol. The van der Waals surface area contributed by atoms with Crippen LogP contribution in [0.5, 0.6) is 0 Å². The summed E-state index contributed by atoms with van der Waals surface area (Å²) in [5, 5.41) is 8.86. The van der Waals surface area contributed by atoms with Gasteiger partial charge in [-0.2, -0.15) is 13.1 Å². The summed E-state index contributed by atoms with van der Waals surface area (Å²) < 4.78 is 40.9. The molecule has 8 heteroatoms. The molecule has 0 unspecified atom stereocenters. The summed E-state index contributed by atoms with van der Waals surface area (Å²) in [5.74, 6) is -2.34. The molecular weight excluding hydrogens is 263 g/mol. The van der Waals surface area contributed by atoms with Crippen LogP contribution >= 0.6 is 0 Å². The van der Waals surface area contributed by atoms with Gasteiger partial charge in [0.1, 0.15) is 5.82 Å². The molecule has 2 rings (SSSR count). The van der Waals surface area contributed by atoms with E-state index < -0.39 is 33.2 Å². The van der Waals surface area contributed by atoms with Gasteiger partial charge in [-0.1, -0.05) is 6.07 Å². The van der Waals surface area contributed by atoms with Crippen molar-refractivity contribution in [2.45, 2.75) is 18.9 Å². The Morgan fingerprint density at radius 1 is 1.39 bits per heavy atom. The first-order chi connectivity index (χ1) is 8.39. The highest BCUT2D eigenvalue weighted by Gasteiger charge is 2.28. The number of carboxylic acid groups (broad SMARTS) is 1. The number of benzene rings is 1. The molecule has 0 aromatic heterocycles. The summed E-state index contributed by atoms with van der Waals surface area (Å²) in [6, 6.07) is 3.16. The van der Waals surface area contributed by atoms with E-state index in [1.807, 2.05) is 4.72 Å². The van der Waals surface area contributed by atoms with Crippen molar-refractivity contribution in [3.05, 3.63) is 29.6 Å². The molecule has 0 amide bonds. The molecular formula is C10H11FN2O4S. The molecule has 1 aromatic carbocycles. The molecule has 0 bridgehead atoms.